The van der Waals surface area contributed by atoms with Crippen LogP contribution >= 0.6 is 11.3 Å². The highest BCUT2D eigenvalue weighted by molar-refractivity contribution is 7.15. The van der Waals surface area contributed by atoms with Crippen molar-refractivity contribution in [2.75, 3.05) is 0 Å². The van der Waals surface area contributed by atoms with Gasteiger partial charge in [-0.05, 0) is 13.0 Å². The standard InChI is InChI=1S/C12H10N2S/c1-9-7-12-14(13-9)11(8-15-12)10-5-3-2-4-6-10/h2-8H,1H3. The summed E-state index contributed by atoms with van der Waals surface area (Å²) < 4.78 is 2.01. The van der Waals surface area contributed by atoms with E-state index in [1.807, 2.05) is 17.5 Å². The van der Waals surface area contributed by atoms with Crippen LogP contribution in [0, 0.1) is 6.92 Å². The summed E-state index contributed by atoms with van der Waals surface area (Å²) in [5.74, 6) is 0. The molecule has 0 amide bonds. The SMILES string of the molecule is Cc1cc2scc(-c3ccccc3)n2n1. The Kier molecular flexibility index (Phi) is 1.86. The summed E-state index contributed by atoms with van der Waals surface area (Å²) in [5.41, 5.74) is 3.45. The monoisotopic (exact) mass is 214 g/mol. The molecule has 0 unspecified atom stereocenters. The molecule has 3 heteroatoms. The summed E-state index contributed by atoms with van der Waals surface area (Å²) in [7, 11) is 0. The number of thiazole rings is 1. The minimum atomic E-state index is 1.07. The molecule has 74 valence electrons. The minimum absolute atomic E-state index is 1.07. The van der Waals surface area contributed by atoms with Crippen LogP contribution in [0.4, 0.5) is 0 Å². The van der Waals surface area contributed by atoms with Crippen LogP contribution in [0.2, 0.25) is 0 Å². The highest BCUT2D eigenvalue weighted by Gasteiger charge is 2.07. The summed E-state index contributed by atoms with van der Waals surface area (Å²) in [6.07, 6.45) is 0. The predicted molar refractivity (Wildman–Crippen MR) is 63.2 cm³/mol. The van der Waals surface area contributed by atoms with E-state index in [0.29, 0.717) is 0 Å². The van der Waals surface area contributed by atoms with Crippen LogP contribution in [0.1, 0.15) is 5.69 Å². The lowest BCUT2D eigenvalue weighted by Crippen LogP contribution is -1.87. The fraction of sp³-hybridized carbons (Fsp3) is 0.0833. The molecule has 0 aliphatic heterocycles. The molecule has 3 aromatic rings. The van der Waals surface area contributed by atoms with Gasteiger partial charge < -0.3 is 0 Å². The quantitative estimate of drug-likeness (QED) is 0.607. The Bertz CT molecular complexity index is 592. The first-order chi connectivity index (χ1) is 7.34. The first-order valence-electron chi connectivity index (χ1n) is 4.84. The molecule has 0 saturated carbocycles. The largest absolute Gasteiger partial charge is 0.222 e. The predicted octanol–water partition coefficient (Wildman–Crippen LogP) is 3.37. The lowest BCUT2D eigenvalue weighted by atomic mass is 10.2. The summed E-state index contributed by atoms with van der Waals surface area (Å²) >= 11 is 1.73. The van der Waals surface area contributed by atoms with Crippen molar-refractivity contribution in [1.29, 1.82) is 0 Å². The highest BCUT2D eigenvalue weighted by atomic mass is 32.1. The molecule has 0 atom stereocenters. The molecule has 1 aromatic carbocycles. The number of aryl methyl sites for hydroxylation is 1. The van der Waals surface area contributed by atoms with Gasteiger partial charge in [0.15, 0.2) is 0 Å². The molecule has 0 aliphatic rings. The van der Waals surface area contributed by atoms with Gasteiger partial charge >= 0.3 is 0 Å². The summed E-state index contributed by atoms with van der Waals surface area (Å²) in [6.45, 7) is 2.02. The maximum atomic E-state index is 4.48. The molecule has 0 bridgehead atoms. The molecular weight excluding hydrogens is 204 g/mol. The second kappa shape index (κ2) is 3.21. The van der Waals surface area contributed by atoms with Crippen molar-refractivity contribution in [2.45, 2.75) is 6.92 Å². The number of hydrogen-bond donors (Lipinski definition) is 0. The van der Waals surface area contributed by atoms with E-state index < -0.39 is 0 Å². The maximum absolute atomic E-state index is 4.48. The van der Waals surface area contributed by atoms with Gasteiger partial charge in [-0.25, -0.2) is 4.52 Å². The van der Waals surface area contributed by atoms with E-state index in [0.717, 1.165) is 5.69 Å². The van der Waals surface area contributed by atoms with Gasteiger partial charge in [-0.1, -0.05) is 30.3 Å². The van der Waals surface area contributed by atoms with E-state index in [1.54, 1.807) is 11.3 Å². The Morgan fingerprint density at radius 2 is 2.00 bits per heavy atom. The zero-order chi connectivity index (χ0) is 10.3. The Labute approximate surface area is 91.8 Å². The van der Waals surface area contributed by atoms with Crippen molar-refractivity contribution < 1.29 is 0 Å². The number of rotatable bonds is 1. The van der Waals surface area contributed by atoms with Gasteiger partial charge in [0.2, 0.25) is 0 Å². The average molecular weight is 214 g/mol. The topological polar surface area (TPSA) is 17.3 Å². The second-order valence-electron chi connectivity index (χ2n) is 3.52. The number of aromatic nitrogens is 2. The molecule has 0 N–H and O–H groups in total. The summed E-state index contributed by atoms with van der Waals surface area (Å²) in [4.78, 5) is 1.20. The van der Waals surface area contributed by atoms with Crippen LogP contribution < -0.4 is 0 Å². The van der Waals surface area contributed by atoms with Gasteiger partial charge in [-0.2, -0.15) is 5.10 Å². The third kappa shape index (κ3) is 1.36. The Morgan fingerprint density at radius 3 is 2.80 bits per heavy atom. The van der Waals surface area contributed by atoms with Gasteiger partial charge in [0.05, 0.1) is 11.4 Å². The van der Waals surface area contributed by atoms with Gasteiger partial charge in [-0.15, -0.1) is 11.3 Å². The third-order valence-electron chi connectivity index (χ3n) is 2.39. The molecule has 0 aliphatic carbocycles. The summed E-state index contributed by atoms with van der Waals surface area (Å²) in [5, 5.41) is 6.63. The van der Waals surface area contributed by atoms with E-state index in [1.165, 1.54) is 16.1 Å². The Balaban J connectivity index is 2.27. The number of benzene rings is 1. The average Bonchev–Trinajstić information content (AvgIpc) is 2.77. The minimum Gasteiger partial charge on any atom is -0.222 e. The fourth-order valence-electron chi connectivity index (χ4n) is 1.70. The highest BCUT2D eigenvalue weighted by Crippen LogP contribution is 2.25. The smallest absolute Gasteiger partial charge is 0.120 e. The van der Waals surface area contributed by atoms with E-state index in [2.05, 4.69) is 40.8 Å². The Hall–Kier alpha value is -1.61. The van der Waals surface area contributed by atoms with Crippen LogP contribution in [0.25, 0.3) is 16.1 Å². The summed E-state index contributed by atoms with van der Waals surface area (Å²) in [6, 6.07) is 12.5. The third-order valence-corrected chi connectivity index (χ3v) is 3.26. The van der Waals surface area contributed by atoms with E-state index in [-0.39, 0.29) is 0 Å². The van der Waals surface area contributed by atoms with E-state index >= 15 is 0 Å². The maximum Gasteiger partial charge on any atom is 0.120 e. The molecule has 15 heavy (non-hydrogen) atoms. The number of hydrogen-bond acceptors (Lipinski definition) is 2. The molecule has 0 fully saturated rings. The van der Waals surface area contributed by atoms with Crippen LogP contribution in [0.15, 0.2) is 41.8 Å². The van der Waals surface area contributed by atoms with Gasteiger partial charge in [0.25, 0.3) is 0 Å². The van der Waals surface area contributed by atoms with Crippen molar-refractivity contribution in [2.24, 2.45) is 0 Å². The van der Waals surface area contributed by atoms with Crippen LogP contribution in [-0.4, -0.2) is 9.61 Å². The van der Waals surface area contributed by atoms with Gasteiger partial charge in [0.1, 0.15) is 4.83 Å². The van der Waals surface area contributed by atoms with Crippen molar-refractivity contribution in [1.82, 2.24) is 9.61 Å². The zero-order valence-electron chi connectivity index (χ0n) is 8.34. The first kappa shape index (κ1) is 8.68. The fourth-order valence-corrected chi connectivity index (χ4v) is 2.64. The van der Waals surface area contributed by atoms with Crippen molar-refractivity contribution >= 4 is 16.2 Å². The number of nitrogens with zero attached hydrogens (tertiary/aromatic N) is 2. The lowest BCUT2D eigenvalue weighted by Gasteiger charge is -1.97. The molecule has 2 heterocycles. The lowest BCUT2D eigenvalue weighted by molar-refractivity contribution is 0.954. The normalized spacial score (nSPS) is 11.0. The molecule has 0 radical (unpaired) electrons. The molecule has 0 saturated heterocycles. The van der Waals surface area contributed by atoms with Gasteiger partial charge in [-0.3, -0.25) is 0 Å². The van der Waals surface area contributed by atoms with E-state index in [9.17, 15) is 0 Å². The Morgan fingerprint density at radius 1 is 1.20 bits per heavy atom. The van der Waals surface area contributed by atoms with Crippen LogP contribution in [0.5, 0.6) is 0 Å². The zero-order valence-corrected chi connectivity index (χ0v) is 9.16. The van der Waals surface area contributed by atoms with Crippen molar-refractivity contribution in [3.05, 3.63) is 47.5 Å². The van der Waals surface area contributed by atoms with E-state index in [4.69, 9.17) is 0 Å². The van der Waals surface area contributed by atoms with Crippen LogP contribution in [-0.2, 0) is 0 Å². The van der Waals surface area contributed by atoms with Crippen molar-refractivity contribution in [3.8, 4) is 11.3 Å². The first-order valence-corrected chi connectivity index (χ1v) is 5.72. The molecular formula is C12H10N2S. The molecule has 2 aromatic heterocycles. The molecule has 0 spiro atoms. The number of fused-ring (bicyclic) bond motifs is 1. The molecule has 3 rings (SSSR count). The van der Waals surface area contributed by atoms with Crippen LogP contribution in [0.3, 0.4) is 0 Å². The van der Waals surface area contributed by atoms with Crippen molar-refractivity contribution in [3.63, 3.8) is 0 Å². The second-order valence-corrected chi connectivity index (χ2v) is 4.41. The molecule has 2 nitrogen and oxygen atoms in total. The van der Waals surface area contributed by atoms with Gasteiger partial charge in [0, 0.05) is 10.9 Å².